The number of aromatic nitrogens is 2. The van der Waals surface area contributed by atoms with Crippen molar-refractivity contribution in [3.63, 3.8) is 0 Å². The molecule has 0 aliphatic rings. The minimum atomic E-state index is -0.221. The lowest BCUT2D eigenvalue weighted by Gasteiger charge is -2.14. The second-order valence-electron chi connectivity index (χ2n) is 7.20. The number of nitrogens with zero attached hydrogens (tertiary/aromatic N) is 2. The first kappa shape index (κ1) is 19.7. The van der Waals surface area contributed by atoms with Crippen LogP contribution in [-0.2, 0) is 6.54 Å². The molecule has 0 saturated heterocycles. The zero-order valence-electron chi connectivity index (χ0n) is 16.7. The van der Waals surface area contributed by atoms with Gasteiger partial charge in [-0.25, -0.2) is 4.79 Å². The van der Waals surface area contributed by atoms with E-state index in [-0.39, 0.29) is 12.3 Å². The Morgan fingerprint density at radius 2 is 1.93 bits per heavy atom. The van der Waals surface area contributed by atoms with Crippen molar-refractivity contribution in [1.82, 2.24) is 9.55 Å². The summed E-state index contributed by atoms with van der Waals surface area (Å²) in [6.45, 7) is 7.28. The Balaban J connectivity index is 2.19. The van der Waals surface area contributed by atoms with Gasteiger partial charge in [0.05, 0.1) is 11.2 Å². The van der Waals surface area contributed by atoms with Gasteiger partial charge < -0.3 is 4.74 Å². The van der Waals surface area contributed by atoms with Gasteiger partial charge in [-0.3, -0.25) is 4.57 Å². The highest BCUT2D eigenvalue weighted by Gasteiger charge is 2.13. The van der Waals surface area contributed by atoms with Crippen molar-refractivity contribution in [3.05, 3.63) is 58.5 Å². The molecule has 0 aliphatic heterocycles. The third-order valence-corrected chi connectivity index (χ3v) is 4.86. The van der Waals surface area contributed by atoms with Crippen molar-refractivity contribution in [3.8, 4) is 29.4 Å². The van der Waals surface area contributed by atoms with Crippen LogP contribution in [-0.4, -0.2) is 16.2 Å². The molecule has 3 rings (SSSR count). The lowest BCUT2D eigenvalue weighted by atomic mass is 9.99. The molecular formula is C24H26N2O2. The number of fused-ring (bicyclic) bond motifs is 1. The summed E-state index contributed by atoms with van der Waals surface area (Å²) in [7, 11) is 0. The van der Waals surface area contributed by atoms with Crippen LogP contribution < -0.4 is 10.4 Å². The molecule has 3 aromatic rings. The highest BCUT2D eigenvalue weighted by molar-refractivity contribution is 5.93. The average molecular weight is 374 g/mol. The summed E-state index contributed by atoms with van der Waals surface area (Å²) in [6, 6.07) is 13.9. The van der Waals surface area contributed by atoms with Crippen LogP contribution in [0.4, 0.5) is 0 Å². The number of aryl methyl sites for hydroxylation is 1. The summed E-state index contributed by atoms with van der Waals surface area (Å²) in [6.07, 6.45) is 7.25. The number of benzene rings is 2. The molecule has 4 nitrogen and oxygen atoms in total. The molecule has 4 heteroatoms. The van der Waals surface area contributed by atoms with Gasteiger partial charge in [0.1, 0.15) is 12.4 Å². The maximum atomic E-state index is 12.8. The van der Waals surface area contributed by atoms with Crippen LogP contribution in [0.3, 0.4) is 0 Å². The fourth-order valence-corrected chi connectivity index (χ4v) is 3.25. The SMILES string of the molecule is C#CCOc1ccc2c(c1)c(-c1ccc(C(C)C)cc1)nc(=O)n2CCCC. The molecule has 2 aromatic carbocycles. The minimum Gasteiger partial charge on any atom is -0.481 e. The topological polar surface area (TPSA) is 44.1 Å². The molecule has 0 aliphatic carbocycles. The van der Waals surface area contributed by atoms with Gasteiger partial charge in [0, 0.05) is 17.5 Å². The van der Waals surface area contributed by atoms with Gasteiger partial charge in [0.15, 0.2) is 0 Å². The van der Waals surface area contributed by atoms with E-state index in [1.54, 1.807) is 4.57 Å². The van der Waals surface area contributed by atoms with Crippen LogP contribution in [0, 0.1) is 12.3 Å². The Morgan fingerprint density at radius 3 is 2.57 bits per heavy atom. The molecule has 0 spiro atoms. The third kappa shape index (κ3) is 4.09. The summed E-state index contributed by atoms with van der Waals surface area (Å²) in [5.74, 6) is 3.61. The Kier molecular flexibility index (Phi) is 6.16. The average Bonchev–Trinajstić information content (AvgIpc) is 2.71. The Bertz CT molecular complexity index is 1060. The standard InChI is InChI=1S/C24H26N2O2/c1-5-7-14-26-22-13-12-20(28-15-6-2)16-21(22)23(25-24(26)27)19-10-8-18(9-11-19)17(3)4/h2,8-13,16-17H,5,7,14-15H2,1,3-4H3. The first-order chi connectivity index (χ1) is 13.5. The molecule has 0 amide bonds. The third-order valence-electron chi connectivity index (χ3n) is 4.86. The van der Waals surface area contributed by atoms with Crippen LogP contribution in [0.2, 0.25) is 0 Å². The van der Waals surface area contributed by atoms with Gasteiger partial charge in [0.2, 0.25) is 0 Å². The lowest BCUT2D eigenvalue weighted by molar-refractivity contribution is 0.371. The van der Waals surface area contributed by atoms with Crippen LogP contribution in [0.5, 0.6) is 5.75 Å². The van der Waals surface area contributed by atoms with Gasteiger partial charge in [-0.15, -0.1) is 6.42 Å². The molecule has 0 fully saturated rings. The van der Waals surface area contributed by atoms with E-state index in [1.165, 1.54) is 5.56 Å². The summed E-state index contributed by atoms with van der Waals surface area (Å²) >= 11 is 0. The van der Waals surface area contributed by atoms with Gasteiger partial charge in [0.25, 0.3) is 0 Å². The zero-order valence-corrected chi connectivity index (χ0v) is 16.7. The second kappa shape index (κ2) is 8.75. The van der Waals surface area contributed by atoms with E-state index in [0.29, 0.717) is 23.9 Å². The Hall–Kier alpha value is -3.06. The molecule has 144 valence electrons. The number of hydrogen-bond acceptors (Lipinski definition) is 3. The van der Waals surface area contributed by atoms with Gasteiger partial charge in [-0.05, 0) is 36.1 Å². The molecular weight excluding hydrogens is 348 g/mol. The highest BCUT2D eigenvalue weighted by Crippen LogP contribution is 2.30. The van der Waals surface area contributed by atoms with Crippen LogP contribution in [0.1, 0.15) is 45.1 Å². The first-order valence-electron chi connectivity index (χ1n) is 9.76. The fourth-order valence-electron chi connectivity index (χ4n) is 3.25. The molecule has 0 saturated carbocycles. The van der Waals surface area contributed by atoms with E-state index in [9.17, 15) is 4.79 Å². The van der Waals surface area contributed by atoms with Crippen LogP contribution in [0.15, 0.2) is 47.3 Å². The van der Waals surface area contributed by atoms with Crippen molar-refractivity contribution in [1.29, 1.82) is 0 Å². The van der Waals surface area contributed by atoms with Crippen LogP contribution >= 0.6 is 0 Å². The van der Waals surface area contributed by atoms with E-state index >= 15 is 0 Å². The van der Waals surface area contributed by atoms with Crippen LogP contribution in [0.25, 0.3) is 22.2 Å². The van der Waals surface area contributed by atoms with E-state index in [0.717, 1.165) is 29.3 Å². The van der Waals surface area contributed by atoms with Crippen molar-refractivity contribution in [2.75, 3.05) is 6.61 Å². The molecule has 0 unspecified atom stereocenters. The summed E-state index contributed by atoms with van der Waals surface area (Å²) in [4.78, 5) is 17.2. The number of terminal acetylenes is 1. The van der Waals surface area contributed by atoms with E-state index < -0.39 is 0 Å². The molecule has 0 bridgehead atoms. The molecule has 28 heavy (non-hydrogen) atoms. The number of ether oxygens (including phenoxy) is 1. The number of hydrogen-bond donors (Lipinski definition) is 0. The predicted molar refractivity (Wildman–Crippen MR) is 115 cm³/mol. The minimum absolute atomic E-state index is 0.201. The summed E-state index contributed by atoms with van der Waals surface area (Å²) in [5.41, 5.74) is 3.49. The fraction of sp³-hybridized carbons (Fsp3) is 0.333. The lowest BCUT2D eigenvalue weighted by Crippen LogP contribution is -2.24. The highest BCUT2D eigenvalue weighted by atomic mass is 16.5. The molecule has 0 radical (unpaired) electrons. The zero-order chi connectivity index (χ0) is 20.1. The van der Waals surface area contributed by atoms with E-state index in [4.69, 9.17) is 11.2 Å². The molecule has 1 heterocycles. The van der Waals surface area contributed by atoms with Crippen molar-refractivity contribution in [2.45, 2.75) is 46.1 Å². The van der Waals surface area contributed by atoms with E-state index in [2.05, 4.69) is 43.8 Å². The summed E-state index contributed by atoms with van der Waals surface area (Å²) < 4.78 is 7.35. The Labute approximate surface area is 166 Å². The number of unbranched alkanes of at least 4 members (excludes halogenated alkanes) is 1. The quantitative estimate of drug-likeness (QED) is 0.547. The second-order valence-corrected chi connectivity index (χ2v) is 7.20. The van der Waals surface area contributed by atoms with Gasteiger partial charge in [-0.2, -0.15) is 4.98 Å². The maximum absolute atomic E-state index is 12.8. The van der Waals surface area contributed by atoms with Gasteiger partial charge in [-0.1, -0.05) is 57.4 Å². The monoisotopic (exact) mass is 374 g/mol. The first-order valence-corrected chi connectivity index (χ1v) is 9.76. The molecule has 0 N–H and O–H groups in total. The van der Waals surface area contributed by atoms with Gasteiger partial charge >= 0.3 is 5.69 Å². The summed E-state index contributed by atoms with van der Waals surface area (Å²) in [5, 5.41) is 0.891. The normalized spacial score (nSPS) is 11.0. The largest absolute Gasteiger partial charge is 0.481 e. The smallest absolute Gasteiger partial charge is 0.348 e. The maximum Gasteiger partial charge on any atom is 0.348 e. The number of rotatable bonds is 7. The molecule has 0 atom stereocenters. The van der Waals surface area contributed by atoms with Crippen molar-refractivity contribution >= 4 is 10.9 Å². The van der Waals surface area contributed by atoms with E-state index in [1.807, 2.05) is 30.3 Å². The Morgan fingerprint density at radius 1 is 1.18 bits per heavy atom. The van der Waals surface area contributed by atoms with Crippen molar-refractivity contribution < 1.29 is 4.74 Å². The predicted octanol–water partition coefficient (Wildman–Crippen LogP) is 5.00. The molecule has 1 aromatic heterocycles. The van der Waals surface area contributed by atoms with Crippen molar-refractivity contribution in [2.24, 2.45) is 0 Å².